The summed E-state index contributed by atoms with van der Waals surface area (Å²) >= 11 is 0. The van der Waals surface area contributed by atoms with Crippen LogP contribution in [-0.2, 0) is 15.6 Å². The number of sulfone groups is 1. The summed E-state index contributed by atoms with van der Waals surface area (Å²) in [4.78, 5) is 4.52. The molecule has 2 aromatic heterocycles. The van der Waals surface area contributed by atoms with E-state index in [1.165, 1.54) is 14.2 Å². The molecule has 28 heavy (non-hydrogen) atoms. The summed E-state index contributed by atoms with van der Waals surface area (Å²) in [5.74, 6) is 1.42. The van der Waals surface area contributed by atoms with Gasteiger partial charge in [0.1, 0.15) is 28.6 Å². The third kappa shape index (κ3) is 3.84. The van der Waals surface area contributed by atoms with Gasteiger partial charge in [-0.25, -0.2) is 13.4 Å². The lowest BCUT2D eigenvalue weighted by atomic mass is 10.2. The van der Waals surface area contributed by atoms with Crippen LogP contribution in [0.1, 0.15) is 18.4 Å². The molecule has 148 valence electrons. The maximum absolute atomic E-state index is 12.3. The second kappa shape index (κ2) is 7.97. The summed E-state index contributed by atoms with van der Waals surface area (Å²) < 4.78 is 37.3. The van der Waals surface area contributed by atoms with Crippen LogP contribution in [0, 0.1) is 6.92 Å². The summed E-state index contributed by atoms with van der Waals surface area (Å²) in [6, 6.07) is 10.9. The number of benzene rings is 1. The number of aryl methyl sites for hydroxylation is 1. The van der Waals surface area contributed by atoms with Gasteiger partial charge in [0.25, 0.3) is 0 Å². The SMILES string of the molecule is CCS(=O)(=O)Cc1nnc(-c2cccc(C)n2)n1-c1c(OC)cccc1OC. The molecule has 0 fully saturated rings. The molecule has 1 aromatic carbocycles. The zero-order chi connectivity index (χ0) is 20.3. The summed E-state index contributed by atoms with van der Waals surface area (Å²) in [5, 5.41) is 8.41. The van der Waals surface area contributed by atoms with Crippen LogP contribution in [0.15, 0.2) is 36.4 Å². The van der Waals surface area contributed by atoms with Crippen molar-refractivity contribution in [2.75, 3.05) is 20.0 Å². The molecule has 0 aliphatic heterocycles. The molecule has 0 unspecified atom stereocenters. The number of ether oxygens (including phenoxy) is 2. The zero-order valence-electron chi connectivity index (χ0n) is 16.2. The van der Waals surface area contributed by atoms with Crippen molar-refractivity contribution >= 4 is 9.84 Å². The first-order valence-corrected chi connectivity index (χ1v) is 10.5. The highest BCUT2D eigenvalue weighted by Gasteiger charge is 2.25. The molecule has 0 saturated carbocycles. The van der Waals surface area contributed by atoms with E-state index in [-0.39, 0.29) is 17.3 Å². The molecule has 0 aliphatic rings. The van der Waals surface area contributed by atoms with Gasteiger partial charge in [0.05, 0.1) is 14.2 Å². The maximum Gasteiger partial charge on any atom is 0.187 e. The van der Waals surface area contributed by atoms with Crippen molar-refractivity contribution in [2.24, 2.45) is 0 Å². The van der Waals surface area contributed by atoms with E-state index in [1.54, 1.807) is 35.8 Å². The standard InChI is InChI=1S/C19H22N4O4S/c1-5-28(24,25)12-17-21-22-19(14-9-6-8-13(2)20-14)23(17)18-15(26-3)10-7-11-16(18)27-4/h6-11H,5,12H2,1-4H3. The normalized spacial score (nSPS) is 11.4. The van der Waals surface area contributed by atoms with Crippen LogP contribution in [0.4, 0.5) is 0 Å². The number of methoxy groups -OCH3 is 2. The Labute approximate surface area is 164 Å². The minimum Gasteiger partial charge on any atom is -0.494 e. The number of hydrogen-bond acceptors (Lipinski definition) is 7. The number of aromatic nitrogens is 4. The first-order chi connectivity index (χ1) is 13.4. The van der Waals surface area contributed by atoms with E-state index in [1.807, 2.05) is 19.1 Å². The van der Waals surface area contributed by atoms with Crippen molar-refractivity contribution in [3.05, 3.63) is 47.9 Å². The van der Waals surface area contributed by atoms with E-state index >= 15 is 0 Å². The topological polar surface area (TPSA) is 96.2 Å². The van der Waals surface area contributed by atoms with Crippen LogP contribution < -0.4 is 9.47 Å². The van der Waals surface area contributed by atoms with Crippen LogP contribution in [0.3, 0.4) is 0 Å². The van der Waals surface area contributed by atoms with Crippen LogP contribution in [-0.4, -0.2) is 48.1 Å². The summed E-state index contributed by atoms with van der Waals surface area (Å²) in [5.41, 5.74) is 1.90. The van der Waals surface area contributed by atoms with Crippen molar-refractivity contribution in [1.82, 2.24) is 19.7 Å². The molecule has 3 aromatic rings. The fraction of sp³-hybridized carbons (Fsp3) is 0.316. The van der Waals surface area contributed by atoms with Gasteiger partial charge in [0.2, 0.25) is 0 Å². The van der Waals surface area contributed by atoms with E-state index in [9.17, 15) is 8.42 Å². The van der Waals surface area contributed by atoms with Gasteiger partial charge >= 0.3 is 0 Å². The van der Waals surface area contributed by atoms with Crippen molar-refractivity contribution in [2.45, 2.75) is 19.6 Å². The Morgan fingerprint density at radius 2 is 1.64 bits per heavy atom. The molecule has 0 saturated heterocycles. The Morgan fingerprint density at radius 1 is 1.00 bits per heavy atom. The molecule has 0 aliphatic carbocycles. The van der Waals surface area contributed by atoms with Crippen molar-refractivity contribution in [1.29, 1.82) is 0 Å². The predicted octanol–water partition coefficient (Wildman–Crippen LogP) is 2.59. The first-order valence-electron chi connectivity index (χ1n) is 8.70. The van der Waals surface area contributed by atoms with Crippen molar-refractivity contribution in [3.8, 4) is 28.7 Å². The zero-order valence-corrected chi connectivity index (χ0v) is 17.0. The molecule has 2 heterocycles. The van der Waals surface area contributed by atoms with Crippen LogP contribution in [0.5, 0.6) is 11.5 Å². The van der Waals surface area contributed by atoms with E-state index in [0.717, 1.165) is 5.69 Å². The highest BCUT2D eigenvalue weighted by atomic mass is 32.2. The second-order valence-electron chi connectivity index (χ2n) is 6.13. The fourth-order valence-electron chi connectivity index (χ4n) is 2.83. The Balaban J connectivity index is 2.33. The molecule has 0 bridgehead atoms. The van der Waals surface area contributed by atoms with E-state index in [4.69, 9.17) is 9.47 Å². The highest BCUT2D eigenvalue weighted by molar-refractivity contribution is 7.90. The molecular weight excluding hydrogens is 380 g/mol. The lowest BCUT2D eigenvalue weighted by Crippen LogP contribution is -2.13. The third-order valence-corrected chi connectivity index (χ3v) is 5.84. The lowest BCUT2D eigenvalue weighted by Gasteiger charge is -2.17. The molecule has 0 atom stereocenters. The largest absolute Gasteiger partial charge is 0.494 e. The Kier molecular flexibility index (Phi) is 5.64. The number of pyridine rings is 1. The van der Waals surface area contributed by atoms with Gasteiger partial charge in [-0.15, -0.1) is 10.2 Å². The average molecular weight is 402 g/mol. The van der Waals surface area contributed by atoms with E-state index in [2.05, 4.69) is 15.2 Å². The van der Waals surface area contributed by atoms with Gasteiger partial charge in [0.15, 0.2) is 21.5 Å². The van der Waals surface area contributed by atoms with Gasteiger partial charge < -0.3 is 9.47 Å². The minimum absolute atomic E-state index is 0.000940. The quantitative estimate of drug-likeness (QED) is 0.599. The van der Waals surface area contributed by atoms with Gasteiger partial charge in [-0.05, 0) is 31.2 Å². The number of hydrogen-bond donors (Lipinski definition) is 0. The molecule has 3 rings (SSSR count). The Morgan fingerprint density at radius 3 is 2.21 bits per heavy atom. The molecule has 9 heteroatoms. The number of rotatable bonds is 7. The first kappa shape index (κ1) is 19.8. The van der Waals surface area contributed by atoms with Crippen LogP contribution >= 0.6 is 0 Å². The highest BCUT2D eigenvalue weighted by Crippen LogP contribution is 2.36. The van der Waals surface area contributed by atoms with Crippen LogP contribution in [0.25, 0.3) is 17.2 Å². The smallest absolute Gasteiger partial charge is 0.187 e. The van der Waals surface area contributed by atoms with Gasteiger partial charge in [-0.1, -0.05) is 19.1 Å². The number of nitrogens with zero attached hydrogens (tertiary/aromatic N) is 4. The van der Waals surface area contributed by atoms with E-state index < -0.39 is 9.84 Å². The fourth-order valence-corrected chi connectivity index (χ4v) is 3.61. The van der Waals surface area contributed by atoms with Crippen molar-refractivity contribution < 1.29 is 17.9 Å². The molecular formula is C19H22N4O4S. The Bertz CT molecular complexity index is 1070. The maximum atomic E-state index is 12.3. The second-order valence-corrected chi connectivity index (χ2v) is 8.48. The predicted molar refractivity (Wildman–Crippen MR) is 106 cm³/mol. The van der Waals surface area contributed by atoms with Crippen molar-refractivity contribution in [3.63, 3.8) is 0 Å². The lowest BCUT2D eigenvalue weighted by molar-refractivity contribution is 0.390. The third-order valence-electron chi connectivity index (χ3n) is 4.26. The molecule has 0 amide bonds. The van der Waals surface area contributed by atoms with Gasteiger partial charge in [-0.2, -0.15) is 0 Å². The number of para-hydroxylation sites is 1. The molecule has 0 radical (unpaired) electrons. The monoisotopic (exact) mass is 402 g/mol. The summed E-state index contributed by atoms with van der Waals surface area (Å²) in [6.07, 6.45) is 0. The van der Waals surface area contributed by atoms with Gasteiger partial charge in [0, 0.05) is 11.4 Å². The van der Waals surface area contributed by atoms with Crippen LogP contribution in [0.2, 0.25) is 0 Å². The molecule has 8 nitrogen and oxygen atoms in total. The van der Waals surface area contributed by atoms with E-state index in [0.29, 0.717) is 28.7 Å². The average Bonchev–Trinajstić information content (AvgIpc) is 3.09. The summed E-state index contributed by atoms with van der Waals surface area (Å²) in [6.45, 7) is 3.47. The van der Waals surface area contributed by atoms with Gasteiger partial charge in [-0.3, -0.25) is 4.57 Å². The molecule has 0 N–H and O–H groups in total. The summed E-state index contributed by atoms with van der Waals surface area (Å²) in [7, 11) is -0.270. The minimum atomic E-state index is -3.34. The Hall–Kier alpha value is -2.94. The molecule has 0 spiro atoms.